The Morgan fingerprint density at radius 3 is 2.69 bits per heavy atom. The molecular formula is C19H27NO6. The lowest BCUT2D eigenvalue weighted by Gasteiger charge is -2.31. The van der Waals surface area contributed by atoms with Gasteiger partial charge in [0.05, 0.1) is 0 Å². The van der Waals surface area contributed by atoms with Crippen LogP contribution >= 0.6 is 0 Å². The number of ketones is 1. The fourth-order valence-electron chi connectivity index (χ4n) is 2.92. The van der Waals surface area contributed by atoms with Crippen LogP contribution in [-0.4, -0.2) is 66.2 Å². The molecular weight excluding hydrogens is 338 g/mol. The Hall–Kier alpha value is -1.99. The van der Waals surface area contributed by atoms with E-state index in [-0.39, 0.29) is 24.4 Å². The normalized spacial score (nSPS) is 36.0. The number of esters is 2. The molecule has 2 rings (SSSR count). The second kappa shape index (κ2) is 8.14. The van der Waals surface area contributed by atoms with Crippen molar-refractivity contribution >= 4 is 17.7 Å². The highest BCUT2D eigenvalue weighted by Gasteiger charge is 2.40. The zero-order chi connectivity index (χ0) is 19.5. The van der Waals surface area contributed by atoms with Gasteiger partial charge in [0.25, 0.3) is 0 Å². The number of allylic oxidation sites excluding steroid dienone is 1. The van der Waals surface area contributed by atoms with Crippen molar-refractivity contribution in [3.63, 3.8) is 0 Å². The fraction of sp³-hybridized carbons (Fsp3) is 0.632. The molecule has 0 spiro atoms. The average Bonchev–Trinajstić information content (AvgIpc) is 2.59. The van der Waals surface area contributed by atoms with Crippen molar-refractivity contribution in [2.24, 2.45) is 5.92 Å². The molecule has 1 saturated heterocycles. The zero-order valence-electron chi connectivity index (χ0n) is 15.8. The summed E-state index contributed by atoms with van der Waals surface area (Å²) >= 11 is 0. The molecule has 3 atom stereocenters. The van der Waals surface area contributed by atoms with Gasteiger partial charge in [0, 0.05) is 30.7 Å². The largest absolute Gasteiger partial charge is 0.459 e. The molecule has 7 nitrogen and oxygen atoms in total. The molecule has 26 heavy (non-hydrogen) atoms. The first-order valence-corrected chi connectivity index (χ1v) is 8.84. The molecule has 2 heterocycles. The SMILES string of the molecule is C/C=C1\C[C@@H](C)[C@](C)(O)C(=O)OC/C2=C/CN(C)CC[C@@H](OC1=O)C2=O. The van der Waals surface area contributed by atoms with Crippen LogP contribution in [0.1, 0.15) is 33.6 Å². The summed E-state index contributed by atoms with van der Waals surface area (Å²) in [5.74, 6) is -2.32. The number of hydrogen-bond donors (Lipinski definition) is 1. The molecule has 0 aromatic carbocycles. The number of nitrogens with zero attached hydrogens (tertiary/aromatic N) is 1. The minimum Gasteiger partial charge on any atom is -0.459 e. The Balaban J connectivity index is 2.42. The highest BCUT2D eigenvalue weighted by molar-refractivity contribution is 6.01. The molecule has 0 amide bonds. The Kier molecular flexibility index (Phi) is 6.36. The molecule has 2 aliphatic rings. The van der Waals surface area contributed by atoms with Crippen LogP contribution < -0.4 is 0 Å². The van der Waals surface area contributed by atoms with E-state index < -0.39 is 29.6 Å². The van der Waals surface area contributed by atoms with E-state index in [1.807, 2.05) is 11.9 Å². The minimum atomic E-state index is -1.78. The van der Waals surface area contributed by atoms with Gasteiger partial charge in [0.1, 0.15) is 6.61 Å². The first-order chi connectivity index (χ1) is 12.2. The van der Waals surface area contributed by atoms with Crippen molar-refractivity contribution in [3.8, 4) is 0 Å². The van der Waals surface area contributed by atoms with Crippen LogP contribution in [0.3, 0.4) is 0 Å². The first kappa shape index (κ1) is 20.3. The second-order valence-electron chi connectivity index (χ2n) is 7.18. The number of carbonyl (C=O) groups is 3. The molecule has 1 N–H and O–H groups in total. The van der Waals surface area contributed by atoms with E-state index in [2.05, 4.69) is 0 Å². The molecule has 144 valence electrons. The van der Waals surface area contributed by atoms with Crippen LogP contribution in [0.4, 0.5) is 0 Å². The lowest BCUT2D eigenvalue weighted by Crippen LogP contribution is -2.45. The van der Waals surface area contributed by atoms with E-state index >= 15 is 0 Å². The Labute approximate surface area is 153 Å². The number of ether oxygens (including phenoxy) is 2. The lowest BCUT2D eigenvalue weighted by molar-refractivity contribution is -0.169. The third-order valence-electron chi connectivity index (χ3n) is 5.15. The van der Waals surface area contributed by atoms with E-state index in [0.29, 0.717) is 25.1 Å². The predicted octanol–water partition coefficient (Wildman–Crippen LogP) is 1.01. The van der Waals surface area contributed by atoms with E-state index in [1.165, 1.54) is 6.92 Å². The standard InChI is InChI=1S/C19H27NO6/c1-5-13-10-12(2)19(3,24)18(23)25-11-14-6-8-20(4)9-7-15(16(14)21)26-17(13)22/h5-6,12,15,24H,7-11H2,1-4H3/b13-5+,14-6-/t12-,15-,19+/m1/s1. The lowest BCUT2D eigenvalue weighted by atomic mass is 9.85. The number of hydrogen-bond acceptors (Lipinski definition) is 7. The molecule has 0 saturated carbocycles. The summed E-state index contributed by atoms with van der Waals surface area (Å²) in [6.07, 6.45) is 2.86. The number of likely N-dealkylation sites (N-methyl/N-ethyl adjacent to an activating group) is 1. The highest BCUT2D eigenvalue weighted by Crippen LogP contribution is 2.27. The smallest absolute Gasteiger partial charge is 0.338 e. The maximum Gasteiger partial charge on any atom is 0.338 e. The number of aliphatic hydroxyl groups is 1. The van der Waals surface area contributed by atoms with Crippen LogP contribution in [-0.2, 0) is 23.9 Å². The molecule has 0 radical (unpaired) electrons. The van der Waals surface area contributed by atoms with Crippen LogP contribution in [0.15, 0.2) is 23.3 Å². The van der Waals surface area contributed by atoms with Crippen molar-refractivity contribution in [2.45, 2.75) is 45.3 Å². The van der Waals surface area contributed by atoms with Gasteiger partial charge in [-0.15, -0.1) is 0 Å². The number of cyclic esters (lactones) is 1. The van der Waals surface area contributed by atoms with Gasteiger partial charge in [-0.25, -0.2) is 9.59 Å². The topological polar surface area (TPSA) is 93.1 Å². The summed E-state index contributed by atoms with van der Waals surface area (Å²) < 4.78 is 10.7. The van der Waals surface area contributed by atoms with Crippen molar-refractivity contribution in [3.05, 3.63) is 23.3 Å². The Morgan fingerprint density at radius 1 is 1.35 bits per heavy atom. The average molecular weight is 365 g/mol. The summed E-state index contributed by atoms with van der Waals surface area (Å²) in [6, 6.07) is 0. The van der Waals surface area contributed by atoms with Crippen molar-refractivity contribution in [2.75, 3.05) is 26.7 Å². The quantitative estimate of drug-likeness (QED) is 0.506. The van der Waals surface area contributed by atoms with Gasteiger partial charge in [-0.05, 0) is 33.2 Å². The number of fused-ring (bicyclic) bond motifs is 2. The van der Waals surface area contributed by atoms with E-state index in [1.54, 1.807) is 26.0 Å². The summed E-state index contributed by atoms with van der Waals surface area (Å²) in [5, 5.41) is 10.6. The van der Waals surface area contributed by atoms with Gasteiger partial charge in [0.15, 0.2) is 11.7 Å². The minimum absolute atomic E-state index is 0.140. The van der Waals surface area contributed by atoms with Crippen molar-refractivity contribution in [1.82, 2.24) is 4.90 Å². The Morgan fingerprint density at radius 2 is 2.04 bits per heavy atom. The fourth-order valence-corrected chi connectivity index (χ4v) is 2.92. The molecule has 0 unspecified atom stereocenters. The van der Waals surface area contributed by atoms with Crippen LogP contribution in [0.5, 0.6) is 0 Å². The highest BCUT2D eigenvalue weighted by atomic mass is 16.6. The van der Waals surface area contributed by atoms with Gasteiger partial charge in [-0.2, -0.15) is 0 Å². The number of Topliss-reactive ketones (excluding diaryl/α,β-unsaturated/α-hetero) is 1. The third kappa shape index (κ3) is 4.40. The van der Waals surface area contributed by atoms with Gasteiger partial charge >= 0.3 is 11.9 Å². The summed E-state index contributed by atoms with van der Waals surface area (Å²) in [4.78, 5) is 39.7. The van der Waals surface area contributed by atoms with Crippen molar-refractivity contribution < 1.29 is 29.0 Å². The summed E-state index contributed by atoms with van der Waals surface area (Å²) in [5.41, 5.74) is -1.19. The number of rotatable bonds is 0. The van der Waals surface area contributed by atoms with Crippen LogP contribution in [0.2, 0.25) is 0 Å². The molecule has 2 bridgehead atoms. The predicted molar refractivity (Wildman–Crippen MR) is 94.2 cm³/mol. The Bertz CT molecular complexity index is 648. The second-order valence-corrected chi connectivity index (χ2v) is 7.18. The summed E-state index contributed by atoms with van der Waals surface area (Å²) in [6.45, 7) is 5.58. The monoisotopic (exact) mass is 365 g/mol. The molecule has 0 aromatic heterocycles. The molecule has 0 aromatic rings. The zero-order valence-corrected chi connectivity index (χ0v) is 15.8. The van der Waals surface area contributed by atoms with Gasteiger partial charge in [-0.3, -0.25) is 4.79 Å². The van der Waals surface area contributed by atoms with Crippen LogP contribution in [0, 0.1) is 5.92 Å². The van der Waals surface area contributed by atoms with Crippen molar-refractivity contribution in [1.29, 1.82) is 0 Å². The van der Waals surface area contributed by atoms with Gasteiger partial charge in [0.2, 0.25) is 5.78 Å². The van der Waals surface area contributed by atoms with E-state index in [9.17, 15) is 19.5 Å². The maximum atomic E-state index is 12.8. The van der Waals surface area contributed by atoms with E-state index in [4.69, 9.17) is 9.47 Å². The molecule has 7 heteroatoms. The van der Waals surface area contributed by atoms with Crippen LogP contribution in [0.25, 0.3) is 0 Å². The molecule has 2 aliphatic heterocycles. The molecule has 1 fully saturated rings. The van der Waals surface area contributed by atoms with E-state index in [0.717, 1.165) is 0 Å². The number of carbonyl (C=O) groups excluding carboxylic acids is 3. The summed E-state index contributed by atoms with van der Waals surface area (Å²) in [7, 11) is 1.89. The first-order valence-electron chi connectivity index (χ1n) is 8.84. The maximum absolute atomic E-state index is 12.8. The van der Waals surface area contributed by atoms with Gasteiger partial charge in [-0.1, -0.05) is 19.1 Å². The van der Waals surface area contributed by atoms with Gasteiger partial charge < -0.3 is 19.5 Å². The third-order valence-corrected chi connectivity index (χ3v) is 5.15. The molecule has 0 aliphatic carbocycles.